The van der Waals surface area contributed by atoms with Crippen LogP contribution in [0.5, 0.6) is 0 Å². The van der Waals surface area contributed by atoms with Crippen LogP contribution in [0.15, 0.2) is 29.2 Å². The first-order valence-corrected chi connectivity index (χ1v) is 8.70. The van der Waals surface area contributed by atoms with Crippen molar-refractivity contribution in [2.24, 2.45) is 0 Å². The van der Waals surface area contributed by atoms with Crippen molar-refractivity contribution in [2.45, 2.75) is 20.4 Å². The molecule has 0 unspecified atom stereocenters. The number of likely N-dealkylation sites (N-methyl/N-ethyl adjacent to an activating group) is 1. The van der Waals surface area contributed by atoms with Gasteiger partial charge in [-0.05, 0) is 19.9 Å². The first-order valence-electron chi connectivity index (χ1n) is 7.10. The average Bonchev–Trinajstić information content (AvgIpc) is 2.95. The molecule has 0 N–H and O–H groups in total. The van der Waals surface area contributed by atoms with Crippen LogP contribution in [0.1, 0.15) is 19.5 Å². The van der Waals surface area contributed by atoms with Crippen LogP contribution in [0, 0.1) is 0 Å². The minimum atomic E-state index is -0.0263. The molecule has 0 aliphatic carbocycles. The standard InChI is InChI=1S/C16H15ClN2OS2/c1-3-18-12(10-7-5-6-8-11(10)14(18)17)9-13-15(20)19(4-2)16(21)22-13/h5-9H,3-4H2,1-2H3/b13-9+. The second-order valence-electron chi connectivity index (χ2n) is 4.89. The quantitative estimate of drug-likeness (QED) is 0.600. The van der Waals surface area contributed by atoms with Crippen molar-refractivity contribution in [2.75, 3.05) is 6.54 Å². The number of hydrogen-bond donors (Lipinski definition) is 0. The number of carbonyl (C=O) groups is 1. The number of thioether (sulfide) groups is 1. The van der Waals surface area contributed by atoms with Crippen LogP contribution in [-0.2, 0) is 11.3 Å². The van der Waals surface area contributed by atoms with Gasteiger partial charge in [-0.15, -0.1) is 0 Å². The second kappa shape index (κ2) is 6.07. The molecule has 3 rings (SSSR count). The first-order chi connectivity index (χ1) is 10.6. The minimum Gasteiger partial charge on any atom is -0.331 e. The Labute approximate surface area is 143 Å². The second-order valence-corrected chi connectivity index (χ2v) is 6.93. The van der Waals surface area contributed by atoms with Crippen LogP contribution in [-0.4, -0.2) is 26.2 Å². The molecule has 1 fully saturated rings. The van der Waals surface area contributed by atoms with Crippen molar-refractivity contribution in [1.29, 1.82) is 0 Å². The van der Waals surface area contributed by atoms with E-state index >= 15 is 0 Å². The van der Waals surface area contributed by atoms with Crippen LogP contribution in [0.3, 0.4) is 0 Å². The largest absolute Gasteiger partial charge is 0.331 e. The van der Waals surface area contributed by atoms with Gasteiger partial charge in [0, 0.05) is 23.9 Å². The smallest absolute Gasteiger partial charge is 0.266 e. The summed E-state index contributed by atoms with van der Waals surface area (Å²) in [5.41, 5.74) is 0.958. The lowest BCUT2D eigenvalue weighted by Crippen LogP contribution is -2.27. The maximum absolute atomic E-state index is 12.4. The Balaban J connectivity index is 2.17. The maximum atomic E-state index is 12.4. The van der Waals surface area contributed by atoms with E-state index in [2.05, 4.69) is 0 Å². The molecule has 0 saturated carbocycles. The fourth-order valence-corrected chi connectivity index (χ4v) is 4.38. The van der Waals surface area contributed by atoms with E-state index in [-0.39, 0.29) is 5.91 Å². The predicted molar refractivity (Wildman–Crippen MR) is 98.2 cm³/mol. The predicted octanol–water partition coefficient (Wildman–Crippen LogP) is 4.54. The number of fused-ring (bicyclic) bond motifs is 1. The highest BCUT2D eigenvalue weighted by Crippen LogP contribution is 2.36. The van der Waals surface area contributed by atoms with Gasteiger partial charge < -0.3 is 4.57 Å². The zero-order valence-corrected chi connectivity index (χ0v) is 14.7. The molecular formula is C16H15ClN2OS2. The Bertz CT molecular complexity index is 810. The van der Waals surface area contributed by atoms with Crippen molar-refractivity contribution in [3.05, 3.63) is 40.0 Å². The van der Waals surface area contributed by atoms with Gasteiger partial charge in [0.05, 0.1) is 10.6 Å². The molecule has 2 aromatic rings. The summed E-state index contributed by atoms with van der Waals surface area (Å²) in [6, 6.07) is 7.97. The third-order valence-corrected chi connectivity index (χ3v) is 5.51. The average molecular weight is 351 g/mol. The Morgan fingerprint density at radius 2 is 1.91 bits per heavy atom. The molecule has 2 heterocycles. The van der Waals surface area contributed by atoms with Gasteiger partial charge in [-0.1, -0.05) is 59.8 Å². The lowest BCUT2D eigenvalue weighted by molar-refractivity contribution is -0.121. The fraction of sp³-hybridized carbons (Fsp3) is 0.250. The molecule has 22 heavy (non-hydrogen) atoms. The number of nitrogens with zero attached hydrogens (tertiary/aromatic N) is 2. The number of halogens is 1. The molecule has 0 spiro atoms. The van der Waals surface area contributed by atoms with E-state index in [0.29, 0.717) is 20.9 Å². The van der Waals surface area contributed by atoms with Crippen LogP contribution in [0.4, 0.5) is 0 Å². The van der Waals surface area contributed by atoms with E-state index in [9.17, 15) is 4.79 Å². The van der Waals surface area contributed by atoms with Crippen molar-refractivity contribution in [3.63, 3.8) is 0 Å². The van der Waals surface area contributed by atoms with Crippen molar-refractivity contribution >= 4 is 62.7 Å². The van der Waals surface area contributed by atoms with Gasteiger partial charge in [-0.2, -0.15) is 0 Å². The van der Waals surface area contributed by atoms with Gasteiger partial charge in [-0.3, -0.25) is 9.69 Å². The molecule has 0 bridgehead atoms. The van der Waals surface area contributed by atoms with Crippen LogP contribution in [0.2, 0.25) is 5.15 Å². The number of amides is 1. The van der Waals surface area contributed by atoms with Crippen LogP contribution < -0.4 is 0 Å². The molecule has 6 heteroatoms. The van der Waals surface area contributed by atoms with E-state index in [4.69, 9.17) is 23.8 Å². The Hall–Kier alpha value is -1.30. The molecular weight excluding hydrogens is 336 g/mol. The summed E-state index contributed by atoms with van der Waals surface area (Å²) in [6.07, 6.45) is 1.91. The molecule has 0 radical (unpaired) electrons. The van der Waals surface area contributed by atoms with Gasteiger partial charge in [-0.25, -0.2) is 0 Å². The summed E-state index contributed by atoms with van der Waals surface area (Å²) in [5.74, 6) is -0.0263. The topological polar surface area (TPSA) is 25.2 Å². The number of rotatable bonds is 3. The Kier molecular flexibility index (Phi) is 4.30. The third-order valence-electron chi connectivity index (χ3n) is 3.73. The molecule has 1 aliphatic heterocycles. The number of aromatic nitrogens is 1. The molecule has 1 amide bonds. The van der Waals surface area contributed by atoms with Gasteiger partial charge in [0.2, 0.25) is 0 Å². The van der Waals surface area contributed by atoms with E-state index in [1.807, 2.05) is 48.8 Å². The Morgan fingerprint density at radius 3 is 2.50 bits per heavy atom. The van der Waals surface area contributed by atoms with Gasteiger partial charge in [0.25, 0.3) is 5.91 Å². The van der Waals surface area contributed by atoms with Gasteiger partial charge in [0.1, 0.15) is 9.47 Å². The molecule has 114 valence electrons. The lowest BCUT2D eigenvalue weighted by Gasteiger charge is -2.09. The van der Waals surface area contributed by atoms with Crippen LogP contribution in [0.25, 0.3) is 16.8 Å². The molecule has 1 saturated heterocycles. The molecule has 0 atom stereocenters. The van der Waals surface area contributed by atoms with Crippen molar-refractivity contribution < 1.29 is 4.79 Å². The summed E-state index contributed by atoms with van der Waals surface area (Å²) < 4.78 is 2.63. The fourth-order valence-electron chi connectivity index (χ4n) is 2.64. The molecule has 1 aromatic carbocycles. The molecule has 3 nitrogen and oxygen atoms in total. The molecule has 1 aromatic heterocycles. The number of benzene rings is 1. The summed E-state index contributed by atoms with van der Waals surface area (Å²) in [5, 5.41) is 2.76. The number of thiocarbonyl (C=S) groups is 1. The highest BCUT2D eigenvalue weighted by atomic mass is 35.5. The highest BCUT2D eigenvalue weighted by Gasteiger charge is 2.31. The zero-order chi connectivity index (χ0) is 15.9. The minimum absolute atomic E-state index is 0.0263. The summed E-state index contributed by atoms with van der Waals surface area (Å²) >= 11 is 13.1. The lowest BCUT2D eigenvalue weighted by atomic mass is 10.2. The summed E-state index contributed by atoms with van der Waals surface area (Å²) in [7, 11) is 0. The number of carbonyl (C=O) groups excluding carboxylic acids is 1. The normalized spacial score (nSPS) is 17.2. The van der Waals surface area contributed by atoms with Crippen molar-refractivity contribution in [3.8, 4) is 0 Å². The van der Waals surface area contributed by atoms with Crippen molar-refractivity contribution in [1.82, 2.24) is 9.47 Å². The Morgan fingerprint density at radius 1 is 1.23 bits per heavy atom. The summed E-state index contributed by atoms with van der Waals surface area (Å²) in [4.78, 5) is 14.7. The van der Waals surface area contributed by atoms with Gasteiger partial charge >= 0.3 is 0 Å². The summed E-state index contributed by atoms with van der Waals surface area (Å²) in [6.45, 7) is 5.31. The van der Waals surface area contributed by atoms with Gasteiger partial charge in [0.15, 0.2) is 0 Å². The van der Waals surface area contributed by atoms with E-state index in [0.717, 1.165) is 23.0 Å². The number of hydrogen-bond acceptors (Lipinski definition) is 3. The first kappa shape index (κ1) is 15.6. The monoisotopic (exact) mass is 350 g/mol. The highest BCUT2D eigenvalue weighted by molar-refractivity contribution is 8.26. The maximum Gasteiger partial charge on any atom is 0.266 e. The van der Waals surface area contributed by atoms with E-state index in [1.165, 1.54) is 11.8 Å². The van der Waals surface area contributed by atoms with E-state index < -0.39 is 0 Å². The third kappa shape index (κ3) is 2.37. The molecule has 1 aliphatic rings. The van der Waals surface area contributed by atoms with E-state index in [1.54, 1.807) is 4.90 Å². The SMILES string of the molecule is CCN1C(=O)/C(=C\c2c3ccccc3c(Cl)n2CC)SC1=S. The van der Waals surface area contributed by atoms with Crippen LogP contribution >= 0.6 is 35.6 Å². The zero-order valence-electron chi connectivity index (χ0n) is 12.3.